The third kappa shape index (κ3) is 8.42. The summed E-state index contributed by atoms with van der Waals surface area (Å²) in [6, 6.07) is 13.6. The van der Waals surface area contributed by atoms with Gasteiger partial charge >= 0.3 is 0 Å². The Bertz CT molecular complexity index is 1250. The third-order valence-corrected chi connectivity index (χ3v) is 7.49. The van der Waals surface area contributed by atoms with Crippen molar-refractivity contribution in [2.45, 2.75) is 77.0 Å². The first kappa shape index (κ1) is 28.4. The second-order valence-electron chi connectivity index (χ2n) is 9.30. The minimum absolute atomic E-state index is 0.0833. The zero-order valence-electron chi connectivity index (χ0n) is 22.2. The van der Waals surface area contributed by atoms with Crippen LogP contribution in [0.4, 0.5) is 17.3 Å². The maximum absolute atomic E-state index is 13.4. The molecule has 0 aliphatic carbocycles. The predicted octanol–water partition coefficient (Wildman–Crippen LogP) is 6.36. The zero-order valence-corrected chi connectivity index (χ0v) is 23.0. The number of rotatable bonds is 15. The zero-order chi connectivity index (χ0) is 26.7. The quantitative estimate of drug-likeness (QED) is 0.224. The molecule has 2 N–H and O–H groups in total. The molecule has 8 nitrogen and oxygen atoms in total. The van der Waals surface area contributed by atoms with Gasteiger partial charge in [-0.1, -0.05) is 64.5 Å². The van der Waals surface area contributed by atoms with Crippen molar-refractivity contribution in [1.82, 2.24) is 9.97 Å². The monoisotopic (exact) mass is 525 g/mol. The molecule has 0 aliphatic rings. The highest BCUT2D eigenvalue weighted by atomic mass is 32.2. The number of carbonyl (C=O) groups is 1. The number of para-hydroxylation sites is 2. The molecule has 3 aromatic rings. The molecule has 0 unspecified atom stereocenters. The van der Waals surface area contributed by atoms with E-state index in [0.29, 0.717) is 17.0 Å². The molecule has 1 heterocycles. The van der Waals surface area contributed by atoms with Gasteiger partial charge in [-0.2, -0.15) is 0 Å². The van der Waals surface area contributed by atoms with Crippen LogP contribution in [0.15, 0.2) is 53.4 Å². The molecule has 37 heavy (non-hydrogen) atoms. The molecular weight excluding hydrogens is 486 g/mol. The number of amides is 1. The lowest BCUT2D eigenvalue weighted by molar-refractivity contribution is -0.114. The van der Waals surface area contributed by atoms with Crippen molar-refractivity contribution in [3.63, 3.8) is 0 Å². The van der Waals surface area contributed by atoms with Gasteiger partial charge in [0.15, 0.2) is 11.6 Å². The van der Waals surface area contributed by atoms with Crippen molar-refractivity contribution in [2.24, 2.45) is 0 Å². The summed E-state index contributed by atoms with van der Waals surface area (Å²) in [5.41, 5.74) is 1.89. The molecule has 0 atom stereocenters. The van der Waals surface area contributed by atoms with Gasteiger partial charge in [0.25, 0.3) is 10.0 Å². The molecule has 9 heteroatoms. The van der Waals surface area contributed by atoms with E-state index in [1.807, 2.05) is 24.3 Å². The van der Waals surface area contributed by atoms with Crippen LogP contribution in [0.25, 0.3) is 11.0 Å². The minimum atomic E-state index is -3.93. The largest absolute Gasteiger partial charge is 0.354 e. The fourth-order valence-corrected chi connectivity index (χ4v) is 5.17. The van der Waals surface area contributed by atoms with E-state index in [1.165, 1.54) is 31.9 Å². The van der Waals surface area contributed by atoms with Gasteiger partial charge in [0, 0.05) is 25.7 Å². The van der Waals surface area contributed by atoms with Gasteiger partial charge in [0.05, 0.1) is 15.9 Å². The summed E-state index contributed by atoms with van der Waals surface area (Å²) in [6.07, 6.45) is 8.88. The van der Waals surface area contributed by atoms with E-state index in [9.17, 15) is 13.2 Å². The number of hydrogen-bond donors (Lipinski definition) is 2. The number of unbranched alkanes of at least 4 members (excludes halogenated alkanes) is 6. The number of fused-ring (bicyclic) bond motifs is 1. The Hall–Kier alpha value is -3.20. The Balaban J connectivity index is 1.95. The number of nitrogens with one attached hydrogen (secondary N) is 2. The van der Waals surface area contributed by atoms with E-state index >= 15 is 0 Å². The first-order valence-corrected chi connectivity index (χ1v) is 14.7. The molecule has 0 saturated heterocycles. The van der Waals surface area contributed by atoms with Gasteiger partial charge in [0.1, 0.15) is 0 Å². The molecule has 3 rings (SSSR count). The predicted molar refractivity (Wildman–Crippen MR) is 152 cm³/mol. The van der Waals surface area contributed by atoms with Crippen LogP contribution in [0.3, 0.4) is 0 Å². The number of aromatic nitrogens is 2. The molecule has 1 aromatic heterocycles. The Labute approximate surface area is 221 Å². The number of benzene rings is 2. The van der Waals surface area contributed by atoms with E-state index in [4.69, 9.17) is 9.97 Å². The number of sulfonamides is 1. The topological polar surface area (TPSA) is 104 Å². The molecule has 0 fully saturated rings. The van der Waals surface area contributed by atoms with Gasteiger partial charge in [0.2, 0.25) is 5.91 Å². The van der Waals surface area contributed by atoms with Gasteiger partial charge in [-0.3, -0.25) is 9.52 Å². The van der Waals surface area contributed by atoms with Crippen LogP contribution >= 0.6 is 0 Å². The molecule has 1 amide bonds. The molecule has 0 aliphatic heterocycles. The summed E-state index contributed by atoms with van der Waals surface area (Å²) in [6.45, 7) is 7.36. The lowest BCUT2D eigenvalue weighted by atomic mass is 10.1. The Morgan fingerprint density at radius 1 is 0.811 bits per heavy atom. The average molecular weight is 526 g/mol. The fourth-order valence-electron chi connectivity index (χ4n) is 4.17. The summed E-state index contributed by atoms with van der Waals surface area (Å²) < 4.78 is 29.4. The van der Waals surface area contributed by atoms with Crippen molar-refractivity contribution >= 4 is 44.3 Å². The molecule has 2 aromatic carbocycles. The van der Waals surface area contributed by atoms with Crippen molar-refractivity contribution in [3.8, 4) is 0 Å². The summed E-state index contributed by atoms with van der Waals surface area (Å²) in [4.78, 5) is 23.2. The lowest BCUT2D eigenvalue weighted by Crippen LogP contribution is -2.29. The highest BCUT2D eigenvalue weighted by Gasteiger charge is 2.22. The standard InChI is InChI=1S/C28H39N5O3S/c1-4-6-8-12-20-33(21-13-9-7-5-2)28-27(30-25-14-10-11-15-26(25)31-28)32-37(35,36)24-18-16-23(17-19-24)29-22(3)34/h10-11,14-19H,4-9,12-13,20-21H2,1-3H3,(H,29,34)(H,30,32). The second kappa shape index (κ2) is 13.9. The Morgan fingerprint density at radius 3 is 1.92 bits per heavy atom. The third-order valence-electron chi connectivity index (χ3n) is 6.13. The van der Waals surface area contributed by atoms with E-state index in [1.54, 1.807) is 12.1 Å². The van der Waals surface area contributed by atoms with Crippen molar-refractivity contribution < 1.29 is 13.2 Å². The average Bonchev–Trinajstić information content (AvgIpc) is 2.87. The second-order valence-corrected chi connectivity index (χ2v) is 11.0. The lowest BCUT2D eigenvalue weighted by Gasteiger charge is -2.26. The number of nitrogens with zero attached hydrogens (tertiary/aromatic N) is 3. The highest BCUT2D eigenvalue weighted by Crippen LogP contribution is 2.28. The van der Waals surface area contributed by atoms with Crippen LogP contribution in [0.2, 0.25) is 0 Å². The van der Waals surface area contributed by atoms with Crippen molar-refractivity contribution in [3.05, 3.63) is 48.5 Å². The van der Waals surface area contributed by atoms with Gasteiger partial charge in [-0.05, 0) is 49.2 Å². The molecule has 0 saturated carbocycles. The van der Waals surface area contributed by atoms with Crippen LogP contribution in [-0.4, -0.2) is 37.4 Å². The van der Waals surface area contributed by atoms with E-state index < -0.39 is 10.0 Å². The molecular formula is C28H39N5O3S. The molecule has 200 valence electrons. The van der Waals surface area contributed by atoms with E-state index in [-0.39, 0.29) is 16.6 Å². The number of carbonyl (C=O) groups excluding carboxylic acids is 1. The molecule has 0 bridgehead atoms. The minimum Gasteiger partial charge on any atom is -0.354 e. The molecule has 0 radical (unpaired) electrons. The SMILES string of the molecule is CCCCCCN(CCCCCC)c1nc2ccccc2nc1NS(=O)(=O)c1ccc(NC(C)=O)cc1. The summed E-state index contributed by atoms with van der Waals surface area (Å²) >= 11 is 0. The van der Waals surface area contributed by atoms with Gasteiger partial charge in [-0.15, -0.1) is 0 Å². The normalized spacial score (nSPS) is 11.4. The summed E-state index contributed by atoms with van der Waals surface area (Å²) in [5.74, 6) is 0.573. The van der Waals surface area contributed by atoms with E-state index in [0.717, 1.165) is 57.1 Å². The number of hydrogen-bond acceptors (Lipinski definition) is 6. The van der Waals surface area contributed by atoms with E-state index in [2.05, 4.69) is 28.8 Å². The van der Waals surface area contributed by atoms with Crippen LogP contribution < -0.4 is 14.9 Å². The van der Waals surface area contributed by atoms with Crippen LogP contribution in [0.1, 0.15) is 72.1 Å². The van der Waals surface area contributed by atoms with Crippen LogP contribution in [0.5, 0.6) is 0 Å². The Kier molecular flexibility index (Phi) is 10.7. The van der Waals surface area contributed by atoms with Crippen molar-refractivity contribution in [2.75, 3.05) is 28.0 Å². The fraction of sp³-hybridized carbons (Fsp3) is 0.464. The number of anilines is 3. The van der Waals surface area contributed by atoms with Gasteiger partial charge < -0.3 is 10.2 Å². The maximum atomic E-state index is 13.4. The first-order chi connectivity index (χ1) is 17.8. The van der Waals surface area contributed by atoms with Crippen LogP contribution in [-0.2, 0) is 14.8 Å². The van der Waals surface area contributed by atoms with Crippen molar-refractivity contribution in [1.29, 1.82) is 0 Å². The molecule has 0 spiro atoms. The summed E-state index contributed by atoms with van der Waals surface area (Å²) in [7, 11) is -3.93. The summed E-state index contributed by atoms with van der Waals surface area (Å²) in [5, 5.41) is 2.65. The maximum Gasteiger partial charge on any atom is 0.263 e. The highest BCUT2D eigenvalue weighted by molar-refractivity contribution is 7.92. The Morgan fingerprint density at radius 2 is 1.38 bits per heavy atom. The van der Waals surface area contributed by atoms with Gasteiger partial charge in [-0.25, -0.2) is 18.4 Å². The van der Waals surface area contributed by atoms with Crippen LogP contribution in [0, 0.1) is 0 Å². The smallest absolute Gasteiger partial charge is 0.263 e. The first-order valence-electron chi connectivity index (χ1n) is 13.3.